The highest BCUT2D eigenvalue weighted by atomic mass is 79.9. The second-order valence-electron chi connectivity index (χ2n) is 3.05. The van der Waals surface area contributed by atoms with Gasteiger partial charge in [0, 0.05) is 45.7 Å². The van der Waals surface area contributed by atoms with Gasteiger partial charge in [-0.25, -0.2) is 0 Å². The van der Waals surface area contributed by atoms with Crippen LogP contribution >= 0.6 is 15.9 Å². The maximum absolute atomic E-state index is 8.19. The van der Waals surface area contributed by atoms with Gasteiger partial charge in [0.25, 0.3) is 0 Å². The Labute approximate surface area is 115 Å². The Bertz CT molecular complexity index is 688. The summed E-state index contributed by atoms with van der Waals surface area (Å²) in [6, 6.07) is 4.20. The van der Waals surface area contributed by atoms with Crippen LogP contribution in [0.4, 0.5) is 5.69 Å². The van der Waals surface area contributed by atoms with Crippen molar-refractivity contribution in [3.05, 3.63) is 28.2 Å². The van der Waals surface area contributed by atoms with Crippen LogP contribution in [0.15, 0.2) is 22.7 Å². The minimum atomic E-state index is -3.41. The highest BCUT2D eigenvalue weighted by molar-refractivity contribution is 9.10. The van der Waals surface area contributed by atoms with Crippen LogP contribution in [0.5, 0.6) is 0 Å². The molecule has 2 nitrogen and oxygen atoms in total. The van der Waals surface area contributed by atoms with Gasteiger partial charge in [-0.05, 0) is 31.6 Å². The van der Waals surface area contributed by atoms with Crippen molar-refractivity contribution in [3.8, 4) is 0 Å². The largest absolute Gasteiger partial charge is 0.369 e. The maximum atomic E-state index is 8.19. The fraction of sp³-hybridized carbons (Fsp3) is 0.500. The second-order valence-corrected chi connectivity index (χ2v) is 3.91. The first kappa shape index (κ1) is 3.74. The molecule has 1 aromatic carbocycles. The summed E-state index contributed by atoms with van der Waals surface area (Å²) >= 11 is 3.23. The van der Waals surface area contributed by atoms with Crippen LogP contribution in [0, 0.1) is 6.92 Å². The molecule has 0 spiro atoms. The number of hydrogen-bond donors (Lipinski definition) is 0. The lowest BCUT2D eigenvalue weighted by Crippen LogP contribution is -2.44. The molecule has 2 rings (SSSR count). The minimum absolute atomic E-state index is 0.129. The highest BCUT2D eigenvalue weighted by Gasteiger charge is 2.14. The van der Waals surface area contributed by atoms with E-state index < -0.39 is 33.0 Å². The first-order chi connectivity index (χ1) is 11.4. The van der Waals surface area contributed by atoms with Crippen LogP contribution in [0.2, 0.25) is 0 Å². The Balaban J connectivity index is 2.80. The standard InChI is InChI=1S/C12H17BrN2/c1-10-3-4-11(9-12(10)13)15-7-5-14(2)6-8-15/h3-4,9H,5-8H2,1-2H3/i2D3,5D2,6D2,7D2,8D2. The number of benzene rings is 1. The van der Waals surface area contributed by atoms with Gasteiger partial charge in [0.05, 0.1) is 5.48 Å². The summed E-state index contributed by atoms with van der Waals surface area (Å²) in [7, 11) is 0. The molecule has 1 heterocycles. The number of anilines is 1. The zero-order valence-electron chi connectivity index (χ0n) is 19.0. The molecule has 0 atom stereocenters. The van der Waals surface area contributed by atoms with Crippen molar-refractivity contribution in [1.29, 1.82) is 0 Å². The van der Waals surface area contributed by atoms with E-state index >= 15 is 0 Å². The SMILES string of the molecule is [2H]C([2H])([2H])N1C([2H])([2H])C([2H])([2H])N(c2ccc(C)c(Br)c2)C([2H])([2H])C1([2H])[2H]. The van der Waals surface area contributed by atoms with E-state index in [0.717, 1.165) is 5.56 Å². The Hall–Kier alpha value is -0.540. The molecule has 1 saturated heterocycles. The van der Waals surface area contributed by atoms with Gasteiger partial charge in [-0.2, -0.15) is 0 Å². The summed E-state index contributed by atoms with van der Waals surface area (Å²) in [5, 5.41) is 0. The molecule has 0 N–H and O–H groups in total. The van der Waals surface area contributed by atoms with Crippen molar-refractivity contribution in [2.75, 3.05) is 37.9 Å². The summed E-state index contributed by atoms with van der Waals surface area (Å²) in [4.78, 5) is -0.0147. The Kier molecular flexibility index (Phi) is 1.13. The quantitative estimate of drug-likeness (QED) is 0.780. The monoisotopic (exact) mass is 279 g/mol. The Morgan fingerprint density at radius 2 is 2.07 bits per heavy atom. The molecule has 0 aliphatic carbocycles. The molecular formula is C12H17BrN2. The number of piperazine rings is 1. The zero-order chi connectivity index (χ0) is 20.5. The lowest BCUT2D eigenvalue weighted by atomic mass is 10.2. The Morgan fingerprint density at radius 1 is 1.33 bits per heavy atom. The predicted molar refractivity (Wildman–Crippen MR) is 68.6 cm³/mol. The number of nitrogens with zero attached hydrogens (tertiary/aromatic N) is 2. The van der Waals surface area contributed by atoms with E-state index in [-0.39, 0.29) is 10.6 Å². The van der Waals surface area contributed by atoms with Crippen molar-refractivity contribution < 1.29 is 15.1 Å². The summed E-state index contributed by atoms with van der Waals surface area (Å²) < 4.78 is 87.8. The van der Waals surface area contributed by atoms with Crippen molar-refractivity contribution in [2.24, 2.45) is 0 Å². The van der Waals surface area contributed by atoms with Crippen LogP contribution < -0.4 is 4.90 Å². The van der Waals surface area contributed by atoms with Crippen LogP contribution in [-0.2, 0) is 0 Å². The van der Waals surface area contributed by atoms with Crippen LogP contribution in [0.3, 0.4) is 0 Å². The average molecular weight is 280 g/mol. The zero-order valence-corrected chi connectivity index (χ0v) is 9.59. The third-order valence-electron chi connectivity index (χ3n) is 1.96. The Morgan fingerprint density at radius 3 is 2.67 bits per heavy atom. The van der Waals surface area contributed by atoms with Gasteiger partial charge in [-0.15, -0.1) is 0 Å². The molecule has 0 saturated carbocycles. The topological polar surface area (TPSA) is 6.48 Å². The molecule has 1 aliphatic heterocycles. The maximum Gasteiger partial charge on any atom is 0.0506 e. The lowest BCUT2D eigenvalue weighted by molar-refractivity contribution is 0.313. The normalized spacial score (nSPS) is 43.3. The molecule has 15 heavy (non-hydrogen) atoms. The van der Waals surface area contributed by atoms with E-state index in [1.54, 1.807) is 6.92 Å². The molecule has 1 aromatic rings. The van der Waals surface area contributed by atoms with Crippen molar-refractivity contribution in [3.63, 3.8) is 0 Å². The van der Waals surface area contributed by atoms with Gasteiger partial charge in [-0.1, -0.05) is 22.0 Å². The summed E-state index contributed by atoms with van der Waals surface area (Å²) in [6.07, 6.45) is 0. The van der Waals surface area contributed by atoms with E-state index in [1.165, 1.54) is 18.2 Å². The molecule has 1 aliphatic rings. The van der Waals surface area contributed by atoms with E-state index in [4.69, 9.17) is 15.1 Å². The number of halogens is 1. The summed E-state index contributed by atoms with van der Waals surface area (Å²) in [6.45, 7) is -14.8. The molecule has 3 heteroatoms. The summed E-state index contributed by atoms with van der Waals surface area (Å²) in [5.74, 6) is 0. The highest BCUT2D eigenvalue weighted by Crippen LogP contribution is 2.24. The fourth-order valence-electron chi connectivity index (χ4n) is 1.11. The number of aryl methyl sites for hydroxylation is 1. The first-order valence-corrected chi connectivity index (χ1v) is 5.06. The first-order valence-electron chi connectivity index (χ1n) is 9.77. The van der Waals surface area contributed by atoms with Gasteiger partial charge < -0.3 is 9.80 Å². The van der Waals surface area contributed by atoms with E-state index in [9.17, 15) is 0 Å². The molecule has 0 bridgehead atoms. The smallest absolute Gasteiger partial charge is 0.0506 e. The number of rotatable bonds is 1. The van der Waals surface area contributed by atoms with Crippen LogP contribution in [-0.4, -0.2) is 37.9 Å². The van der Waals surface area contributed by atoms with Crippen LogP contribution in [0.25, 0.3) is 0 Å². The molecule has 1 fully saturated rings. The second kappa shape index (κ2) is 4.54. The molecular weight excluding hydrogens is 252 g/mol. The van der Waals surface area contributed by atoms with Crippen molar-refractivity contribution >= 4 is 21.6 Å². The summed E-state index contributed by atoms with van der Waals surface area (Å²) in [5.41, 5.74) is 0.623. The molecule has 0 radical (unpaired) electrons. The number of hydrogen-bond acceptors (Lipinski definition) is 2. The van der Waals surface area contributed by atoms with Gasteiger partial charge in [-0.3, -0.25) is 0 Å². The van der Waals surface area contributed by atoms with Crippen molar-refractivity contribution in [2.45, 2.75) is 6.92 Å². The van der Waals surface area contributed by atoms with Crippen molar-refractivity contribution in [1.82, 2.24) is 4.90 Å². The van der Waals surface area contributed by atoms with Gasteiger partial charge in [0.2, 0.25) is 0 Å². The van der Waals surface area contributed by atoms with Crippen LogP contribution in [0.1, 0.15) is 20.6 Å². The van der Waals surface area contributed by atoms with E-state index in [1.807, 2.05) is 0 Å². The third-order valence-corrected chi connectivity index (χ3v) is 2.82. The predicted octanol–water partition coefficient (Wildman–Crippen LogP) is 2.51. The third kappa shape index (κ3) is 2.52. The van der Waals surface area contributed by atoms with E-state index in [2.05, 4.69) is 15.9 Å². The van der Waals surface area contributed by atoms with Gasteiger partial charge in [0.15, 0.2) is 0 Å². The average Bonchev–Trinajstić information content (AvgIpc) is 2.38. The van der Waals surface area contributed by atoms with Gasteiger partial charge in [0.1, 0.15) is 0 Å². The molecule has 0 unspecified atom stereocenters. The molecule has 0 amide bonds. The van der Waals surface area contributed by atoms with Gasteiger partial charge >= 0.3 is 0 Å². The molecule has 0 aromatic heterocycles. The van der Waals surface area contributed by atoms with E-state index in [0.29, 0.717) is 9.37 Å². The lowest BCUT2D eigenvalue weighted by Gasteiger charge is -2.34. The fourth-order valence-corrected chi connectivity index (χ4v) is 1.47. The number of likely N-dealkylation sites (N-methyl/N-ethyl adjacent to an activating group) is 1. The molecule has 82 valence electrons. The minimum Gasteiger partial charge on any atom is -0.369 e.